The Morgan fingerprint density at radius 2 is 1.84 bits per heavy atom. The van der Waals surface area contributed by atoms with E-state index in [0.717, 1.165) is 0 Å². The van der Waals surface area contributed by atoms with Crippen LogP contribution in [0.4, 0.5) is 0 Å². The van der Waals surface area contributed by atoms with Crippen LogP contribution in [-0.2, 0) is 16.1 Å². The van der Waals surface area contributed by atoms with Gasteiger partial charge in [-0.3, -0.25) is 4.79 Å². The maximum absolute atomic E-state index is 12.5. The molecule has 2 aromatic rings. The number of rotatable bonds is 4. The fourth-order valence-electron chi connectivity index (χ4n) is 3.05. The number of para-hydroxylation sites is 2. The highest BCUT2D eigenvalue weighted by atomic mass is 16.6. The third-order valence-electron chi connectivity index (χ3n) is 4.68. The molecule has 2 aliphatic rings. The molecule has 0 aliphatic carbocycles. The third-order valence-corrected chi connectivity index (χ3v) is 4.68. The Hall–Kier alpha value is -2.53. The molecular formula is C20H21NO4. The fourth-order valence-corrected chi connectivity index (χ4v) is 3.05. The van der Waals surface area contributed by atoms with Crippen molar-refractivity contribution >= 4 is 5.91 Å². The molecule has 1 atom stereocenters. The van der Waals surface area contributed by atoms with E-state index in [1.807, 2.05) is 36.4 Å². The molecule has 0 N–H and O–H groups in total. The summed E-state index contributed by atoms with van der Waals surface area (Å²) in [6, 6.07) is 15.6. The summed E-state index contributed by atoms with van der Waals surface area (Å²) in [6.07, 6.45) is -0.493. The molecule has 0 radical (unpaired) electrons. The Bertz CT molecular complexity index is 770. The first kappa shape index (κ1) is 16.0. The van der Waals surface area contributed by atoms with E-state index in [0.29, 0.717) is 31.2 Å². The second-order valence-corrected chi connectivity index (χ2v) is 6.47. The molecule has 1 amide bonds. The van der Waals surface area contributed by atoms with Crippen molar-refractivity contribution in [2.45, 2.75) is 25.7 Å². The highest BCUT2D eigenvalue weighted by Gasteiger charge is 2.38. The second kappa shape index (κ2) is 6.76. The molecular weight excluding hydrogens is 318 g/mol. The minimum atomic E-state index is -0.577. The molecule has 0 unspecified atom stereocenters. The molecule has 2 heterocycles. The largest absolute Gasteiger partial charge is 0.485 e. The summed E-state index contributed by atoms with van der Waals surface area (Å²) in [5.74, 6) is 1.28. The molecule has 1 saturated heterocycles. The van der Waals surface area contributed by atoms with E-state index in [1.54, 1.807) is 4.90 Å². The van der Waals surface area contributed by atoms with Gasteiger partial charge in [0.15, 0.2) is 11.5 Å². The number of aryl methyl sites for hydroxylation is 1. The molecule has 5 nitrogen and oxygen atoms in total. The highest BCUT2D eigenvalue weighted by molar-refractivity contribution is 5.82. The maximum atomic E-state index is 12.5. The molecule has 130 valence electrons. The molecule has 0 aromatic heterocycles. The summed E-state index contributed by atoms with van der Waals surface area (Å²) < 4.78 is 17.3. The normalized spacial score (nSPS) is 19.4. The van der Waals surface area contributed by atoms with Gasteiger partial charge in [0.2, 0.25) is 6.10 Å². The number of ether oxygens (including phenoxy) is 3. The minimum Gasteiger partial charge on any atom is -0.485 e. The van der Waals surface area contributed by atoms with Gasteiger partial charge in [0.05, 0.1) is 12.7 Å². The van der Waals surface area contributed by atoms with Gasteiger partial charge < -0.3 is 19.1 Å². The van der Waals surface area contributed by atoms with E-state index in [-0.39, 0.29) is 18.6 Å². The number of nitrogens with zero attached hydrogens (tertiary/aromatic N) is 1. The van der Waals surface area contributed by atoms with Crippen LogP contribution < -0.4 is 9.47 Å². The van der Waals surface area contributed by atoms with Crippen molar-refractivity contribution in [3.05, 3.63) is 59.7 Å². The van der Waals surface area contributed by atoms with Crippen molar-refractivity contribution in [2.75, 3.05) is 19.7 Å². The van der Waals surface area contributed by atoms with Crippen LogP contribution in [0.1, 0.15) is 11.1 Å². The van der Waals surface area contributed by atoms with Crippen molar-refractivity contribution in [3.63, 3.8) is 0 Å². The SMILES string of the molecule is Cc1ccccc1COC1CN(C(=O)[C@H]2COc3ccccc3O2)C1. The predicted molar refractivity (Wildman–Crippen MR) is 92.7 cm³/mol. The van der Waals surface area contributed by atoms with Crippen LogP contribution in [0, 0.1) is 6.92 Å². The van der Waals surface area contributed by atoms with Crippen molar-refractivity contribution in [3.8, 4) is 11.5 Å². The molecule has 4 rings (SSSR count). The van der Waals surface area contributed by atoms with Crippen LogP contribution >= 0.6 is 0 Å². The first-order valence-corrected chi connectivity index (χ1v) is 8.54. The number of likely N-dealkylation sites (tertiary alicyclic amines) is 1. The average Bonchev–Trinajstić information content (AvgIpc) is 2.61. The van der Waals surface area contributed by atoms with Gasteiger partial charge >= 0.3 is 0 Å². The zero-order valence-corrected chi connectivity index (χ0v) is 14.2. The third kappa shape index (κ3) is 3.33. The van der Waals surface area contributed by atoms with Crippen molar-refractivity contribution in [1.29, 1.82) is 0 Å². The van der Waals surface area contributed by atoms with Crippen molar-refractivity contribution < 1.29 is 19.0 Å². The standard InChI is InChI=1S/C20H21NO4/c1-14-6-2-3-7-15(14)12-23-16-10-21(11-16)20(22)19-13-24-17-8-4-5-9-18(17)25-19/h2-9,16,19H,10-13H2,1H3/t19-/m1/s1. The van der Waals surface area contributed by atoms with E-state index in [4.69, 9.17) is 14.2 Å². The Morgan fingerprint density at radius 1 is 1.12 bits per heavy atom. The van der Waals surface area contributed by atoms with E-state index in [9.17, 15) is 4.79 Å². The zero-order chi connectivity index (χ0) is 17.2. The van der Waals surface area contributed by atoms with Gasteiger partial charge in [-0.2, -0.15) is 0 Å². The van der Waals surface area contributed by atoms with Gasteiger partial charge in [-0.15, -0.1) is 0 Å². The van der Waals surface area contributed by atoms with Gasteiger partial charge in [0.25, 0.3) is 5.91 Å². The fraction of sp³-hybridized carbons (Fsp3) is 0.350. The molecule has 0 saturated carbocycles. The first-order chi connectivity index (χ1) is 12.2. The predicted octanol–water partition coefficient (Wildman–Crippen LogP) is 2.56. The molecule has 1 fully saturated rings. The lowest BCUT2D eigenvalue weighted by molar-refractivity contribution is -0.155. The Morgan fingerprint density at radius 3 is 2.64 bits per heavy atom. The van der Waals surface area contributed by atoms with Crippen LogP contribution in [0.3, 0.4) is 0 Å². The van der Waals surface area contributed by atoms with Crippen LogP contribution in [0.25, 0.3) is 0 Å². The molecule has 2 aromatic carbocycles. The van der Waals surface area contributed by atoms with E-state index >= 15 is 0 Å². The van der Waals surface area contributed by atoms with Gasteiger partial charge in [-0.05, 0) is 30.2 Å². The smallest absolute Gasteiger partial charge is 0.267 e. The molecule has 5 heteroatoms. The summed E-state index contributed by atoms with van der Waals surface area (Å²) in [5.41, 5.74) is 2.41. The number of carbonyl (C=O) groups is 1. The summed E-state index contributed by atoms with van der Waals surface area (Å²) in [6.45, 7) is 4.11. The molecule has 2 aliphatic heterocycles. The number of hydrogen-bond donors (Lipinski definition) is 0. The van der Waals surface area contributed by atoms with Crippen LogP contribution in [-0.4, -0.2) is 42.7 Å². The van der Waals surface area contributed by atoms with Gasteiger partial charge in [0, 0.05) is 13.1 Å². The van der Waals surface area contributed by atoms with E-state index < -0.39 is 6.10 Å². The summed E-state index contributed by atoms with van der Waals surface area (Å²) in [4.78, 5) is 14.3. The first-order valence-electron chi connectivity index (χ1n) is 8.54. The lowest BCUT2D eigenvalue weighted by Crippen LogP contribution is -2.59. The highest BCUT2D eigenvalue weighted by Crippen LogP contribution is 2.31. The second-order valence-electron chi connectivity index (χ2n) is 6.47. The van der Waals surface area contributed by atoms with Crippen molar-refractivity contribution in [2.24, 2.45) is 0 Å². The van der Waals surface area contributed by atoms with Gasteiger partial charge in [0.1, 0.15) is 6.61 Å². The molecule has 0 bridgehead atoms. The summed E-state index contributed by atoms with van der Waals surface area (Å²) in [5, 5.41) is 0. The Kier molecular flexibility index (Phi) is 4.32. The summed E-state index contributed by atoms with van der Waals surface area (Å²) in [7, 11) is 0. The number of benzene rings is 2. The molecule has 25 heavy (non-hydrogen) atoms. The number of fused-ring (bicyclic) bond motifs is 1. The number of amides is 1. The van der Waals surface area contributed by atoms with E-state index in [1.165, 1.54) is 11.1 Å². The number of hydrogen-bond acceptors (Lipinski definition) is 4. The van der Waals surface area contributed by atoms with Gasteiger partial charge in [-0.1, -0.05) is 36.4 Å². The lowest BCUT2D eigenvalue weighted by atomic mass is 10.1. The minimum absolute atomic E-state index is 0.0368. The average molecular weight is 339 g/mol. The van der Waals surface area contributed by atoms with Crippen LogP contribution in [0.15, 0.2) is 48.5 Å². The maximum Gasteiger partial charge on any atom is 0.267 e. The van der Waals surface area contributed by atoms with Crippen LogP contribution in [0.5, 0.6) is 11.5 Å². The lowest BCUT2D eigenvalue weighted by Gasteiger charge is -2.41. The van der Waals surface area contributed by atoms with Gasteiger partial charge in [-0.25, -0.2) is 0 Å². The Labute approximate surface area is 147 Å². The monoisotopic (exact) mass is 339 g/mol. The molecule has 0 spiro atoms. The quantitative estimate of drug-likeness (QED) is 0.859. The topological polar surface area (TPSA) is 48.0 Å². The zero-order valence-electron chi connectivity index (χ0n) is 14.2. The summed E-state index contributed by atoms with van der Waals surface area (Å²) >= 11 is 0. The van der Waals surface area contributed by atoms with E-state index in [2.05, 4.69) is 19.1 Å². The van der Waals surface area contributed by atoms with Crippen LogP contribution in [0.2, 0.25) is 0 Å². The number of carbonyl (C=O) groups excluding carboxylic acids is 1. The Balaban J connectivity index is 1.27. The van der Waals surface area contributed by atoms with Crippen molar-refractivity contribution in [1.82, 2.24) is 4.90 Å².